The third-order valence-electron chi connectivity index (χ3n) is 2.76. The van der Waals surface area contributed by atoms with Gasteiger partial charge in [0.25, 0.3) is 5.56 Å². The molecule has 0 amide bonds. The lowest BCUT2D eigenvalue weighted by Gasteiger charge is -2.03. The Kier molecular flexibility index (Phi) is 3.23. The highest BCUT2D eigenvalue weighted by Gasteiger charge is 2.08. The molecular formula is C13H9ClN2O3. The highest BCUT2D eigenvalue weighted by molar-refractivity contribution is 5.88. The summed E-state index contributed by atoms with van der Waals surface area (Å²) >= 11 is 0. The summed E-state index contributed by atoms with van der Waals surface area (Å²) < 4.78 is 1.26. The SMILES string of the molecule is Cl.O=C(O)c1ccc2nc3ccccc3c(=O)n2c1. The van der Waals surface area contributed by atoms with Crippen LogP contribution in [0.2, 0.25) is 0 Å². The molecule has 1 aromatic carbocycles. The minimum Gasteiger partial charge on any atom is -0.478 e. The Bertz CT molecular complexity index is 842. The molecule has 0 saturated heterocycles. The van der Waals surface area contributed by atoms with Gasteiger partial charge in [-0.2, -0.15) is 0 Å². The number of nitrogens with zero attached hydrogens (tertiary/aromatic N) is 2. The fraction of sp³-hybridized carbons (Fsp3) is 0. The van der Waals surface area contributed by atoms with E-state index in [1.54, 1.807) is 24.3 Å². The van der Waals surface area contributed by atoms with Crippen LogP contribution >= 0.6 is 12.4 Å². The number of aromatic nitrogens is 2. The number of carbonyl (C=O) groups is 1. The van der Waals surface area contributed by atoms with Crippen molar-refractivity contribution in [2.45, 2.75) is 0 Å². The van der Waals surface area contributed by atoms with E-state index in [0.29, 0.717) is 16.6 Å². The van der Waals surface area contributed by atoms with E-state index in [4.69, 9.17) is 5.11 Å². The molecule has 1 N–H and O–H groups in total. The van der Waals surface area contributed by atoms with Crippen LogP contribution in [0.15, 0.2) is 47.4 Å². The standard InChI is InChI=1S/C13H8N2O3.ClH/c16-12-9-3-1-2-4-10(9)14-11-6-5-8(13(17)18)7-15(11)12;/h1-7H,(H,17,18);1H. The molecule has 0 aliphatic carbocycles. The van der Waals surface area contributed by atoms with Crippen LogP contribution in [-0.4, -0.2) is 20.5 Å². The van der Waals surface area contributed by atoms with E-state index in [1.807, 2.05) is 0 Å². The fourth-order valence-corrected chi connectivity index (χ4v) is 1.88. The lowest BCUT2D eigenvalue weighted by molar-refractivity contribution is 0.0696. The van der Waals surface area contributed by atoms with Gasteiger partial charge in [-0.25, -0.2) is 9.78 Å². The number of carboxylic acid groups (broad SMARTS) is 1. The molecule has 3 aromatic rings. The first kappa shape index (κ1) is 13.0. The first-order valence-electron chi connectivity index (χ1n) is 5.31. The smallest absolute Gasteiger partial charge is 0.337 e. The van der Waals surface area contributed by atoms with Crippen LogP contribution in [0.25, 0.3) is 16.6 Å². The van der Waals surface area contributed by atoms with Gasteiger partial charge < -0.3 is 5.11 Å². The molecule has 0 atom stereocenters. The van der Waals surface area contributed by atoms with E-state index in [-0.39, 0.29) is 23.5 Å². The molecule has 2 aromatic heterocycles. The largest absolute Gasteiger partial charge is 0.478 e. The fourth-order valence-electron chi connectivity index (χ4n) is 1.88. The van der Waals surface area contributed by atoms with E-state index in [9.17, 15) is 9.59 Å². The number of benzene rings is 1. The van der Waals surface area contributed by atoms with Gasteiger partial charge in [0.15, 0.2) is 0 Å². The Hall–Kier alpha value is -2.40. The third-order valence-corrected chi connectivity index (χ3v) is 2.76. The van der Waals surface area contributed by atoms with E-state index < -0.39 is 5.97 Å². The molecule has 0 radical (unpaired) electrons. The molecule has 19 heavy (non-hydrogen) atoms. The molecule has 0 spiro atoms. The normalized spacial score (nSPS) is 10.3. The molecule has 5 nitrogen and oxygen atoms in total. The first-order valence-corrected chi connectivity index (χ1v) is 5.31. The number of aromatic carboxylic acids is 1. The van der Waals surface area contributed by atoms with Crippen molar-refractivity contribution in [3.05, 3.63) is 58.5 Å². The Morgan fingerprint density at radius 2 is 1.89 bits per heavy atom. The maximum Gasteiger partial charge on any atom is 0.337 e. The predicted molar refractivity (Wildman–Crippen MR) is 73.2 cm³/mol. The zero-order valence-electron chi connectivity index (χ0n) is 9.61. The average Bonchev–Trinajstić information content (AvgIpc) is 2.38. The van der Waals surface area contributed by atoms with Gasteiger partial charge in [-0.15, -0.1) is 12.4 Å². The van der Waals surface area contributed by atoms with Crippen LogP contribution in [-0.2, 0) is 0 Å². The van der Waals surface area contributed by atoms with Crippen molar-refractivity contribution >= 4 is 34.9 Å². The number of hydrogen-bond acceptors (Lipinski definition) is 3. The summed E-state index contributed by atoms with van der Waals surface area (Å²) in [7, 11) is 0. The van der Waals surface area contributed by atoms with E-state index in [0.717, 1.165) is 0 Å². The molecule has 0 aliphatic heterocycles. The summed E-state index contributed by atoms with van der Waals surface area (Å²) in [6.07, 6.45) is 1.29. The lowest BCUT2D eigenvalue weighted by Crippen LogP contribution is -2.16. The van der Waals surface area contributed by atoms with Crippen molar-refractivity contribution in [1.82, 2.24) is 9.38 Å². The average molecular weight is 277 g/mol. The maximum atomic E-state index is 12.2. The predicted octanol–water partition coefficient (Wildman–Crippen LogP) is 1.97. The zero-order chi connectivity index (χ0) is 12.7. The molecule has 0 unspecified atom stereocenters. The molecule has 0 bridgehead atoms. The summed E-state index contributed by atoms with van der Waals surface area (Å²) in [4.78, 5) is 27.4. The number of para-hydroxylation sites is 1. The van der Waals surface area contributed by atoms with Crippen molar-refractivity contribution in [2.24, 2.45) is 0 Å². The lowest BCUT2D eigenvalue weighted by atomic mass is 10.2. The Balaban J connectivity index is 0.00000133. The van der Waals surface area contributed by atoms with E-state index >= 15 is 0 Å². The Labute approximate surface area is 113 Å². The molecule has 2 heterocycles. The first-order chi connectivity index (χ1) is 8.66. The van der Waals surface area contributed by atoms with E-state index in [1.165, 1.54) is 22.7 Å². The van der Waals surface area contributed by atoms with Crippen LogP contribution in [0.1, 0.15) is 10.4 Å². The van der Waals surface area contributed by atoms with Crippen molar-refractivity contribution < 1.29 is 9.90 Å². The van der Waals surface area contributed by atoms with E-state index in [2.05, 4.69) is 4.98 Å². The number of pyridine rings is 1. The minimum absolute atomic E-state index is 0. The van der Waals surface area contributed by atoms with Gasteiger partial charge >= 0.3 is 5.97 Å². The minimum atomic E-state index is -1.07. The van der Waals surface area contributed by atoms with Crippen LogP contribution in [0, 0.1) is 0 Å². The van der Waals surface area contributed by atoms with Crippen LogP contribution in [0.4, 0.5) is 0 Å². The molecule has 0 saturated carbocycles. The van der Waals surface area contributed by atoms with Gasteiger partial charge in [0.05, 0.1) is 16.5 Å². The molecule has 96 valence electrons. The van der Waals surface area contributed by atoms with Gasteiger partial charge in [-0.1, -0.05) is 12.1 Å². The van der Waals surface area contributed by atoms with Gasteiger partial charge in [0.2, 0.25) is 0 Å². The topological polar surface area (TPSA) is 71.7 Å². The number of fused-ring (bicyclic) bond motifs is 2. The summed E-state index contributed by atoms with van der Waals surface area (Å²) in [6, 6.07) is 9.93. The summed E-state index contributed by atoms with van der Waals surface area (Å²) in [5.74, 6) is -1.07. The number of carboxylic acids is 1. The second-order valence-corrected chi connectivity index (χ2v) is 3.89. The number of rotatable bonds is 1. The molecule has 0 aliphatic rings. The van der Waals surface area contributed by atoms with Gasteiger partial charge in [0, 0.05) is 6.20 Å². The summed E-state index contributed by atoms with van der Waals surface area (Å²) in [5.41, 5.74) is 0.828. The van der Waals surface area contributed by atoms with Crippen LogP contribution < -0.4 is 5.56 Å². The van der Waals surface area contributed by atoms with Crippen molar-refractivity contribution in [2.75, 3.05) is 0 Å². The zero-order valence-corrected chi connectivity index (χ0v) is 10.4. The second-order valence-electron chi connectivity index (χ2n) is 3.89. The molecule has 0 fully saturated rings. The Morgan fingerprint density at radius 3 is 2.63 bits per heavy atom. The quantitative estimate of drug-likeness (QED) is 0.690. The second kappa shape index (κ2) is 4.70. The highest BCUT2D eigenvalue weighted by Crippen LogP contribution is 2.09. The van der Waals surface area contributed by atoms with Gasteiger partial charge in [-0.3, -0.25) is 9.20 Å². The molecule has 3 rings (SSSR count). The molecule has 6 heteroatoms. The molecular weight excluding hydrogens is 268 g/mol. The third kappa shape index (κ3) is 2.04. The highest BCUT2D eigenvalue weighted by atomic mass is 35.5. The van der Waals surface area contributed by atoms with Crippen LogP contribution in [0.5, 0.6) is 0 Å². The monoisotopic (exact) mass is 276 g/mol. The Morgan fingerprint density at radius 1 is 1.16 bits per heavy atom. The summed E-state index contributed by atoms with van der Waals surface area (Å²) in [6.45, 7) is 0. The van der Waals surface area contributed by atoms with Crippen molar-refractivity contribution in [3.8, 4) is 0 Å². The van der Waals surface area contributed by atoms with Crippen molar-refractivity contribution in [1.29, 1.82) is 0 Å². The van der Waals surface area contributed by atoms with Gasteiger partial charge in [0.1, 0.15) is 5.65 Å². The summed E-state index contributed by atoms with van der Waals surface area (Å²) in [5, 5.41) is 9.38. The maximum absolute atomic E-state index is 12.2. The number of halogens is 1. The van der Waals surface area contributed by atoms with Crippen molar-refractivity contribution in [3.63, 3.8) is 0 Å². The van der Waals surface area contributed by atoms with Gasteiger partial charge in [-0.05, 0) is 24.3 Å². The van der Waals surface area contributed by atoms with Crippen LogP contribution in [0.3, 0.4) is 0 Å². The number of hydrogen-bond donors (Lipinski definition) is 1.